The van der Waals surface area contributed by atoms with Gasteiger partial charge in [0, 0.05) is 61.1 Å². The van der Waals surface area contributed by atoms with Crippen molar-refractivity contribution < 1.29 is 8.42 Å². The molecule has 0 unspecified atom stereocenters. The Bertz CT molecular complexity index is 873. The number of rotatable bonds is 5. The lowest BCUT2D eigenvalue weighted by atomic mass is 10.2. The van der Waals surface area contributed by atoms with Gasteiger partial charge in [-0.2, -0.15) is 9.40 Å². The third-order valence-electron chi connectivity index (χ3n) is 4.62. The third-order valence-corrected chi connectivity index (χ3v) is 7.33. The smallest absolute Gasteiger partial charge is 0.246 e. The summed E-state index contributed by atoms with van der Waals surface area (Å²) >= 11 is 12.5. The Balaban J connectivity index is 0.00000261. The van der Waals surface area contributed by atoms with E-state index in [1.165, 1.54) is 4.31 Å². The first-order chi connectivity index (χ1) is 12.3. The van der Waals surface area contributed by atoms with Crippen molar-refractivity contribution in [3.8, 4) is 0 Å². The summed E-state index contributed by atoms with van der Waals surface area (Å²) in [6, 6.07) is 5.45. The molecule has 1 fully saturated rings. The van der Waals surface area contributed by atoms with Gasteiger partial charge in [-0.3, -0.25) is 9.58 Å². The van der Waals surface area contributed by atoms with Crippen LogP contribution >= 0.6 is 35.6 Å². The minimum atomic E-state index is -3.52. The monoisotopic (exact) mass is 452 g/mol. The second-order valence-electron chi connectivity index (χ2n) is 6.31. The summed E-state index contributed by atoms with van der Waals surface area (Å²) in [5, 5.41) is 5.52. The van der Waals surface area contributed by atoms with Crippen LogP contribution in [0.5, 0.6) is 0 Å². The minimum absolute atomic E-state index is 0. The van der Waals surface area contributed by atoms with E-state index < -0.39 is 10.0 Å². The van der Waals surface area contributed by atoms with Gasteiger partial charge < -0.3 is 0 Å². The van der Waals surface area contributed by atoms with Gasteiger partial charge in [0.15, 0.2) is 0 Å². The number of aryl methyl sites for hydroxylation is 2. The molecule has 0 atom stereocenters. The molecule has 3 rings (SSSR count). The minimum Gasteiger partial charge on any atom is -0.296 e. The van der Waals surface area contributed by atoms with Crippen molar-refractivity contribution in [2.75, 3.05) is 26.2 Å². The number of benzene rings is 1. The molecule has 0 spiro atoms. The Morgan fingerprint density at radius 3 is 2.22 bits per heavy atom. The average molecular weight is 454 g/mol. The fourth-order valence-corrected chi connectivity index (χ4v) is 5.20. The van der Waals surface area contributed by atoms with Crippen molar-refractivity contribution >= 4 is 45.6 Å². The first-order valence-electron chi connectivity index (χ1n) is 8.52. The summed E-state index contributed by atoms with van der Waals surface area (Å²) < 4.78 is 29.0. The van der Waals surface area contributed by atoms with Gasteiger partial charge in [-0.25, -0.2) is 8.42 Å². The van der Waals surface area contributed by atoms with Crippen molar-refractivity contribution in [3.05, 3.63) is 45.7 Å². The second-order valence-corrected chi connectivity index (χ2v) is 9.04. The molecule has 1 aromatic heterocycles. The Hall–Kier alpha value is -0.830. The van der Waals surface area contributed by atoms with Crippen LogP contribution in [0.2, 0.25) is 10.0 Å². The summed E-state index contributed by atoms with van der Waals surface area (Å²) in [4.78, 5) is 2.46. The first kappa shape index (κ1) is 22.5. The standard InChI is InChI=1S/C17H22Cl2N4O2S.ClH/c1-3-22-12-17(13(2)20-22)26(24,25)23-9-7-21(8-10-23)11-14-15(18)5-4-6-16(14)19;/h4-6,12H,3,7-11H2,1-2H3;1H. The molecule has 0 aliphatic carbocycles. The van der Waals surface area contributed by atoms with Crippen LogP contribution in [-0.2, 0) is 23.1 Å². The molecule has 27 heavy (non-hydrogen) atoms. The normalized spacial score (nSPS) is 16.3. The van der Waals surface area contributed by atoms with Gasteiger partial charge in [0.1, 0.15) is 4.90 Å². The predicted octanol–water partition coefficient (Wildman–Crippen LogP) is 3.45. The Kier molecular flexibility index (Phi) is 7.58. The van der Waals surface area contributed by atoms with E-state index in [1.54, 1.807) is 17.8 Å². The molecule has 2 aromatic rings. The predicted molar refractivity (Wildman–Crippen MR) is 110 cm³/mol. The SMILES string of the molecule is CCn1cc(S(=O)(=O)N2CCN(Cc3c(Cl)cccc3Cl)CC2)c(C)n1.Cl. The van der Waals surface area contributed by atoms with E-state index >= 15 is 0 Å². The number of aromatic nitrogens is 2. The summed E-state index contributed by atoms with van der Waals surface area (Å²) in [6.45, 7) is 7.03. The van der Waals surface area contributed by atoms with Gasteiger partial charge in [0.25, 0.3) is 0 Å². The maximum absolute atomic E-state index is 12.9. The van der Waals surface area contributed by atoms with E-state index in [2.05, 4.69) is 10.00 Å². The van der Waals surface area contributed by atoms with E-state index in [1.807, 2.05) is 25.1 Å². The number of sulfonamides is 1. The molecule has 0 bridgehead atoms. The van der Waals surface area contributed by atoms with Crippen molar-refractivity contribution in [1.82, 2.24) is 19.0 Å². The van der Waals surface area contributed by atoms with Crippen molar-refractivity contribution in [2.24, 2.45) is 0 Å². The molecule has 0 N–H and O–H groups in total. The van der Waals surface area contributed by atoms with Crippen LogP contribution in [-0.4, -0.2) is 53.6 Å². The molecule has 1 aliphatic rings. The second kappa shape index (κ2) is 9.11. The highest BCUT2D eigenvalue weighted by Gasteiger charge is 2.31. The molecule has 2 heterocycles. The fraction of sp³-hybridized carbons (Fsp3) is 0.471. The molecule has 0 radical (unpaired) electrons. The van der Waals surface area contributed by atoms with E-state index in [9.17, 15) is 8.42 Å². The Morgan fingerprint density at radius 2 is 1.70 bits per heavy atom. The number of hydrogen-bond donors (Lipinski definition) is 0. The van der Waals surface area contributed by atoms with Gasteiger partial charge in [0.05, 0.1) is 5.69 Å². The molecule has 10 heteroatoms. The van der Waals surface area contributed by atoms with Crippen molar-refractivity contribution in [3.63, 3.8) is 0 Å². The molecule has 6 nitrogen and oxygen atoms in total. The highest BCUT2D eigenvalue weighted by atomic mass is 35.5. The van der Waals surface area contributed by atoms with Gasteiger partial charge in [-0.15, -0.1) is 12.4 Å². The fourth-order valence-electron chi connectivity index (χ4n) is 3.09. The quantitative estimate of drug-likeness (QED) is 0.696. The lowest BCUT2D eigenvalue weighted by Crippen LogP contribution is -2.48. The van der Waals surface area contributed by atoms with E-state index in [0.717, 1.165) is 5.56 Å². The van der Waals surface area contributed by atoms with Crippen LogP contribution in [0.1, 0.15) is 18.2 Å². The Labute approximate surface area is 176 Å². The summed E-state index contributed by atoms with van der Waals surface area (Å²) in [7, 11) is -3.52. The van der Waals surface area contributed by atoms with Crippen LogP contribution in [0.4, 0.5) is 0 Å². The highest BCUT2D eigenvalue weighted by molar-refractivity contribution is 7.89. The maximum Gasteiger partial charge on any atom is 0.246 e. The molecule has 1 saturated heterocycles. The number of halogens is 3. The molecule has 1 aromatic carbocycles. The number of piperazine rings is 1. The summed E-state index contributed by atoms with van der Waals surface area (Å²) in [6.07, 6.45) is 1.61. The van der Waals surface area contributed by atoms with Gasteiger partial charge in [-0.05, 0) is 26.0 Å². The summed E-state index contributed by atoms with van der Waals surface area (Å²) in [5.74, 6) is 0. The zero-order valence-corrected chi connectivity index (χ0v) is 18.4. The van der Waals surface area contributed by atoms with Crippen LogP contribution in [0, 0.1) is 6.92 Å². The molecular formula is C17H23Cl3N4O2S. The Morgan fingerprint density at radius 1 is 1.11 bits per heavy atom. The van der Waals surface area contributed by atoms with Crippen molar-refractivity contribution in [2.45, 2.75) is 31.8 Å². The molecular weight excluding hydrogens is 431 g/mol. The van der Waals surface area contributed by atoms with Gasteiger partial charge >= 0.3 is 0 Å². The zero-order valence-electron chi connectivity index (χ0n) is 15.2. The number of hydrogen-bond acceptors (Lipinski definition) is 4. The highest BCUT2D eigenvalue weighted by Crippen LogP contribution is 2.27. The maximum atomic E-state index is 12.9. The van der Waals surface area contributed by atoms with Crippen LogP contribution in [0.15, 0.2) is 29.3 Å². The van der Waals surface area contributed by atoms with Crippen LogP contribution in [0.25, 0.3) is 0 Å². The van der Waals surface area contributed by atoms with Gasteiger partial charge in [-0.1, -0.05) is 29.3 Å². The molecule has 150 valence electrons. The largest absolute Gasteiger partial charge is 0.296 e. The zero-order chi connectivity index (χ0) is 18.9. The third kappa shape index (κ3) is 4.78. The van der Waals surface area contributed by atoms with E-state index in [4.69, 9.17) is 23.2 Å². The number of nitrogens with zero attached hydrogens (tertiary/aromatic N) is 4. The van der Waals surface area contributed by atoms with Gasteiger partial charge in [0.2, 0.25) is 10.0 Å². The van der Waals surface area contributed by atoms with Crippen molar-refractivity contribution in [1.29, 1.82) is 0 Å². The van der Waals surface area contributed by atoms with E-state index in [-0.39, 0.29) is 12.4 Å². The topological polar surface area (TPSA) is 58.4 Å². The first-order valence-corrected chi connectivity index (χ1v) is 10.7. The van der Waals surface area contributed by atoms with Crippen LogP contribution in [0.3, 0.4) is 0 Å². The van der Waals surface area contributed by atoms with E-state index in [0.29, 0.717) is 59.9 Å². The lowest BCUT2D eigenvalue weighted by molar-refractivity contribution is 0.181. The lowest BCUT2D eigenvalue weighted by Gasteiger charge is -2.34. The molecule has 1 aliphatic heterocycles. The molecule has 0 amide bonds. The molecule has 0 saturated carbocycles. The average Bonchev–Trinajstić information content (AvgIpc) is 3.00. The van der Waals surface area contributed by atoms with Crippen LogP contribution < -0.4 is 0 Å². The summed E-state index contributed by atoms with van der Waals surface area (Å²) in [5.41, 5.74) is 1.42.